The Morgan fingerprint density at radius 2 is 2.28 bits per heavy atom. The van der Waals surface area contributed by atoms with Gasteiger partial charge in [0.1, 0.15) is 0 Å². The number of rotatable bonds is 4. The van der Waals surface area contributed by atoms with Gasteiger partial charge in [-0.15, -0.1) is 0 Å². The lowest BCUT2D eigenvalue weighted by Crippen LogP contribution is -2.01. The molecule has 6 heteroatoms. The van der Waals surface area contributed by atoms with Gasteiger partial charge in [-0.1, -0.05) is 6.92 Å². The van der Waals surface area contributed by atoms with Gasteiger partial charge in [0.15, 0.2) is 5.75 Å². The smallest absolute Gasteiger partial charge is 0.335 e. The predicted octanol–water partition coefficient (Wildman–Crippen LogP) is 1.87. The summed E-state index contributed by atoms with van der Waals surface area (Å²) < 4.78 is 7.07. The Balaban J connectivity index is 2.32. The minimum Gasteiger partial charge on any atom is -0.478 e. The third-order valence-corrected chi connectivity index (χ3v) is 2.37. The first kappa shape index (κ1) is 12.1. The molecule has 0 unspecified atom stereocenters. The maximum Gasteiger partial charge on any atom is 0.335 e. The Kier molecular flexibility index (Phi) is 3.27. The van der Waals surface area contributed by atoms with E-state index in [-0.39, 0.29) is 11.4 Å². The number of ether oxygens (including phenoxy) is 1. The maximum absolute atomic E-state index is 11.0. The number of aromatic nitrogens is 3. The lowest BCUT2D eigenvalue weighted by atomic mass is 10.2. The normalized spacial score (nSPS) is 10.3. The summed E-state index contributed by atoms with van der Waals surface area (Å²) in [4.78, 5) is 15.2. The molecule has 0 amide bonds. The number of pyridine rings is 1. The van der Waals surface area contributed by atoms with Crippen molar-refractivity contribution in [2.75, 3.05) is 0 Å². The number of nitrogens with zero attached hydrogens (tertiary/aromatic N) is 3. The van der Waals surface area contributed by atoms with E-state index in [1.54, 1.807) is 30.2 Å². The van der Waals surface area contributed by atoms with E-state index >= 15 is 0 Å². The van der Waals surface area contributed by atoms with E-state index in [9.17, 15) is 4.79 Å². The standard InChI is InChI=1S/C12H13N3O3/c1-3-9-4-8(12(16)17)5-11(14-9)18-10-6-13-15(2)7-10/h4-7H,3H2,1-2H3,(H,16,17). The van der Waals surface area contributed by atoms with E-state index in [1.165, 1.54) is 6.07 Å². The molecule has 0 aliphatic rings. The van der Waals surface area contributed by atoms with Crippen LogP contribution in [0.4, 0.5) is 0 Å². The SMILES string of the molecule is CCc1cc(C(=O)O)cc(Oc2cnn(C)c2)n1. The van der Waals surface area contributed by atoms with Crippen LogP contribution in [0.2, 0.25) is 0 Å². The van der Waals surface area contributed by atoms with Crippen LogP contribution in [0.25, 0.3) is 0 Å². The van der Waals surface area contributed by atoms with Crippen LogP contribution in [-0.4, -0.2) is 25.8 Å². The zero-order chi connectivity index (χ0) is 13.1. The van der Waals surface area contributed by atoms with Crippen molar-refractivity contribution in [3.05, 3.63) is 35.8 Å². The molecule has 0 atom stereocenters. The van der Waals surface area contributed by atoms with E-state index < -0.39 is 5.97 Å². The molecule has 1 N–H and O–H groups in total. The van der Waals surface area contributed by atoms with Crippen LogP contribution < -0.4 is 4.74 Å². The molecule has 0 aliphatic carbocycles. The van der Waals surface area contributed by atoms with Crippen molar-refractivity contribution in [3.8, 4) is 11.6 Å². The number of aryl methyl sites for hydroxylation is 2. The predicted molar refractivity (Wildman–Crippen MR) is 63.9 cm³/mol. The Morgan fingerprint density at radius 3 is 2.83 bits per heavy atom. The molecule has 6 nitrogen and oxygen atoms in total. The summed E-state index contributed by atoms with van der Waals surface area (Å²) in [5, 5.41) is 13.0. The van der Waals surface area contributed by atoms with Gasteiger partial charge >= 0.3 is 5.97 Å². The van der Waals surface area contributed by atoms with Crippen LogP contribution in [0, 0.1) is 0 Å². The average molecular weight is 247 g/mol. The van der Waals surface area contributed by atoms with Crippen LogP contribution in [0.15, 0.2) is 24.5 Å². The first-order valence-corrected chi connectivity index (χ1v) is 5.49. The lowest BCUT2D eigenvalue weighted by molar-refractivity contribution is 0.0696. The monoisotopic (exact) mass is 247 g/mol. The highest BCUT2D eigenvalue weighted by Gasteiger charge is 2.09. The third kappa shape index (κ3) is 2.65. The molecule has 2 heterocycles. The Bertz CT molecular complexity index is 578. The van der Waals surface area contributed by atoms with E-state index in [1.807, 2.05) is 6.92 Å². The quantitative estimate of drug-likeness (QED) is 0.892. The highest BCUT2D eigenvalue weighted by atomic mass is 16.5. The molecule has 0 aromatic carbocycles. The number of carboxylic acid groups (broad SMARTS) is 1. The van der Waals surface area contributed by atoms with Crippen molar-refractivity contribution in [3.63, 3.8) is 0 Å². The van der Waals surface area contributed by atoms with Crippen molar-refractivity contribution in [2.45, 2.75) is 13.3 Å². The zero-order valence-electron chi connectivity index (χ0n) is 10.1. The number of carbonyl (C=O) groups is 1. The zero-order valence-corrected chi connectivity index (χ0v) is 10.1. The van der Waals surface area contributed by atoms with E-state index in [0.717, 1.165) is 0 Å². The topological polar surface area (TPSA) is 77.2 Å². The van der Waals surface area contributed by atoms with Crippen LogP contribution in [0.5, 0.6) is 11.6 Å². The fourth-order valence-electron chi connectivity index (χ4n) is 1.49. The van der Waals surface area contributed by atoms with E-state index in [4.69, 9.17) is 9.84 Å². The molecule has 18 heavy (non-hydrogen) atoms. The first-order chi connectivity index (χ1) is 8.58. The van der Waals surface area contributed by atoms with Crippen LogP contribution >= 0.6 is 0 Å². The fourth-order valence-corrected chi connectivity index (χ4v) is 1.49. The van der Waals surface area contributed by atoms with Crippen molar-refractivity contribution in [1.82, 2.24) is 14.8 Å². The fraction of sp³-hybridized carbons (Fsp3) is 0.250. The Hall–Kier alpha value is -2.37. The molecule has 2 rings (SSSR count). The van der Waals surface area contributed by atoms with Crippen molar-refractivity contribution in [2.24, 2.45) is 7.05 Å². The third-order valence-electron chi connectivity index (χ3n) is 2.37. The molecule has 0 fully saturated rings. The summed E-state index contributed by atoms with van der Waals surface area (Å²) in [7, 11) is 1.77. The molecule has 0 saturated heterocycles. The highest BCUT2D eigenvalue weighted by molar-refractivity contribution is 5.88. The second-order valence-electron chi connectivity index (χ2n) is 3.80. The summed E-state index contributed by atoms with van der Waals surface area (Å²) in [6.45, 7) is 1.90. The molecule has 0 saturated carbocycles. The second kappa shape index (κ2) is 4.87. The van der Waals surface area contributed by atoms with Gasteiger partial charge in [-0.3, -0.25) is 4.68 Å². The molecule has 0 aliphatic heterocycles. The molecular formula is C12H13N3O3. The van der Waals surface area contributed by atoms with Crippen molar-refractivity contribution >= 4 is 5.97 Å². The van der Waals surface area contributed by atoms with Gasteiger partial charge in [-0.05, 0) is 12.5 Å². The van der Waals surface area contributed by atoms with Gasteiger partial charge in [-0.2, -0.15) is 5.10 Å². The lowest BCUT2D eigenvalue weighted by Gasteiger charge is -2.05. The molecule has 0 spiro atoms. The number of hydrogen-bond acceptors (Lipinski definition) is 4. The average Bonchev–Trinajstić information content (AvgIpc) is 2.74. The number of aromatic carboxylic acids is 1. The molecule has 2 aromatic heterocycles. The molecule has 2 aromatic rings. The van der Waals surface area contributed by atoms with Gasteiger partial charge in [-0.25, -0.2) is 9.78 Å². The molecule has 0 radical (unpaired) electrons. The summed E-state index contributed by atoms with van der Waals surface area (Å²) in [5.41, 5.74) is 0.842. The van der Waals surface area contributed by atoms with Crippen LogP contribution in [-0.2, 0) is 13.5 Å². The largest absolute Gasteiger partial charge is 0.478 e. The van der Waals surface area contributed by atoms with Gasteiger partial charge in [0, 0.05) is 18.8 Å². The van der Waals surface area contributed by atoms with Crippen molar-refractivity contribution < 1.29 is 14.6 Å². The number of carboxylic acids is 1. The minimum absolute atomic E-state index is 0.167. The highest BCUT2D eigenvalue weighted by Crippen LogP contribution is 2.20. The molecule has 0 bridgehead atoms. The number of hydrogen-bond donors (Lipinski definition) is 1. The first-order valence-electron chi connectivity index (χ1n) is 5.49. The summed E-state index contributed by atoms with van der Waals surface area (Å²) in [6.07, 6.45) is 3.87. The molecule has 94 valence electrons. The van der Waals surface area contributed by atoms with Crippen LogP contribution in [0.1, 0.15) is 23.0 Å². The van der Waals surface area contributed by atoms with Crippen LogP contribution in [0.3, 0.4) is 0 Å². The minimum atomic E-state index is -0.997. The van der Waals surface area contributed by atoms with E-state index in [2.05, 4.69) is 10.1 Å². The van der Waals surface area contributed by atoms with E-state index in [0.29, 0.717) is 17.9 Å². The van der Waals surface area contributed by atoms with Crippen molar-refractivity contribution in [1.29, 1.82) is 0 Å². The summed E-state index contributed by atoms with van der Waals surface area (Å²) >= 11 is 0. The molecular weight excluding hydrogens is 234 g/mol. The summed E-state index contributed by atoms with van der Waals surface area (Å²) in [5.74, 6) is -0.211. The van der Waals surface area contributed by atoms with Gasteiger partial charge < -0.3 is 9.84 Å². The van der Waals surface area contributed by atoms with Gasteiger partial charge in [0.2, 0.25) is 5.88 Å². The maximum atomic E-state index is 11.0. The van der Waals surface area contributed by atoms with Gasteiger partial charge in [0.25, 0.3) is 0 Å². The Labute approximate surface area is 104 Å². The Morgan fingerprint density at radius 1 is 1.50 bits per heavy atom. The second-order valence-corrected chi connectivity index (χ2v) is 3.80. The van der Waals surface area contributed by atoms with Gasteiger partial charge in [0.05, 0.1) is 18.0 Å². The summed E-state index contributed by atoms with van der Waals surface area (Å²) in [6, 6.07) is 2.94.